The van der Waals surface area contributed by atoms with Gasteiger partial charge in [0, 0.05) is 14.6 Å². The van der Waals surface area contributed by atoms with Crippen molar-refractivity contribution >= 4 is 49.5 Å². The van der Waals surface area contributed by atoms with Gasteiger partial charge in [-0.1, -0.05) is 67.8 Å². The van der Waals surface area contributed by atoms with Crippen molar-refractivity contribution in [2.24, 2.45) is 0 Å². The number of nitrogens with zero attached hydrogens (tertiary/aromatic N) is 1. The monoisotopic (exact) mass is 568 g/mol. The summed E-state index contributed by atoms with van der Waals surface area (Å²) in [6.45, 7) is 4.75. The Morgan fingerprint density at radius 2 is 1.79 bits per heavy atom. The maximum atomic E-state index is 12.6. The van der Waals surface area contributed by atoms with E-state index < -0.39 is 5.91 Å². The molecule has 0 saturated heterocycles. The first-order chi connectivity index (χ1) is 15.9. The van der Waals surface area contributed by atoms with E-state index >= 15 is 0 Å². The quantitative estimate of drug-likeness (QED) is 0.233. The van der Waals surface area contributed by atoms with Gasteiger partial charge in [-0.2, -0.15) is 5.26 Å². The van der Waals surface area contributed by atoms with Crippen molar-refractivity contribution in [1.82, 2.24) is 0 Å². The Balaban J connectivity index is 1.84. The Morgan fingerprint density at radius 3 is 2.45 bits per heavy atom. The number of ether oxygens (including phenoxy) is 2. The number of halogens is 2. The number of hydrogen-bond donors (Lipinski definition) is 1. The van der Waals surface area contributed by atoms with Gasteiger partial charge in [0.25, 0.3) is 5.91 Å². The highest BCUT2D eigenvalue weighted by atomic mass is 79.9. The van der Waals surface area contributed by atoms with Crippen LogP contribution in [0.1, 0.15) is 23.6 Å². The van der Waals surface area contributed by atoms with Gasteiger partial charge >= 0.3 is 0 Å². The Hall–Kier alpha value is -3.08. The largest absolute Gasteiger partial charge is 0.490 e. The lowest BCUT2D eigenvalue weighted by Gasteiger charge is -2.14. The standard InChI is InChI=1S/C26H22Br2N2O3/c1-3-32-24-12-19(11-20(15-29)26(31)30-22-6-4-5-21(27)13-22)23(28)14-25(24)33-16-18-9-7-17(2)8-10-18/h4-14H,3,16H2,1-2H3,(H,30,31)/b20-11-. The van der Waals surface area contributed by atoms with Crippen molar-refractivity contribution in [2.45, 2.75) is 20.5 Å². The minimum atomic E-state index is -0.500. The highest BCUT2D eigenvalue weighted by Crippen LogP contribution is 2.35. The summed E-state index contributed by atoms with van der Waals surface area (Å²) >= 11 is 6.89. The first kappa shape index (κ1) is 24.6. The van der Waals surface area contributed by atoms with Gasteiger partial charge in [-0.3, -0.25) is 4.79 Å². The molecule has 0 aliphatic rings. The molecule has 3 rings (SSSR count). The molecule has 1 N–H and O–H groups in total. The molecule has 0 spiro atoms. The van der Waals surface area contributed by atoms with E-state index in [0.717, 1.165) is 10.0 Å². The van der Waals surface area contributed by atoms with Gasteiger partial charge in [0.1, 0.15) is 18.2 Å². The molecular weight excluding hydrogens is 548 g/mol. The topological polar surface area (TPSA) is 71.3 Å². The molecule has 0 fully saturated rings. The van der Waals surface area contributed by atoms with Gasteiger partial charge in [0.2, 0.25) is 0 Å². The maximum absolute atomic E-state index is 12.6. The lowest BCUT2D eigenvalue weighted by atomic mass is 10.1. The zero-order chi connectivity index (χ0) is 23.8. The molecule has 0 aliphatic heterocycles. The second-order valence-corrected chi connectivity index (χ2v) is 8.93. The van der Waals surface area contributed by atoms with E-state index in [0.29, 0.717) is 40.4 Å². The molecule has 5 nitrogen and oxygen atoms in total. The average Bonchev–Trinajstić information content (AvgIpc) is 2.79. The Kier molecular flexibility index (Phi) is 8.70. The van der Waals surface area contributed by atoms with E-state index in [1.54, 1.807) is 30.3 Å². The molecular formula is C26H22Br2N2O3. The summed E-state index contributed by atoms with van der Waals surface area (Å²) < 4.78 is 13.3. The molecule has 33 heavy (non-hydrogen) atoms. The van der Waals surface area contributed by atoms with Gasteiger partial charge in [-0.05, 0) is 61.4 Å². The fraction of sp³-hybridized carbons (Fsp3) is 0.154. The zero-order valence-electron chi connectivity index (χ0n) is 18.2. The van der Waals surface area contributed by atoms with Gasteiger partial charge in [0.05, 0.1) is 6.61 Å². The van der Waals surface area contributed by atoms with Crippen LogP contribution in [-0.2, 0) is 11.4 Å². The minimum absolute atomic E-state index is 0.0357. The van der Waals surface area contributed by atoms with Crippen LogP contribution in [0.2, 0.25) is 0 Å². The van der Waals surface area contributed by atoms with Gasteiger partial charge in [-0.25, -0.2) is 0 Å². The van der Waals surface area contributed by atoms with Crippen molar-refractivity contribution < 1.29 is 14.3 Å². The lowest BCUT2D eigenvalue weighted by molar-refractivity contribution is -0.112. The van der Waals surface area contributed by atoms with Crippen LogP contribution in [0.15, 0.2) is 75.2 Å². The fourth-order valence-corrected chi connectivity index (χ4v) is 3.79. The van der Waals surface area contributed by atoms with E-state index in [1.165, 1.54) is 11.6 Å². The summed E-state index contributed by atoms with van der Waals surface area (Å²) in [7, 11) is 0. The second kappa shape index (κ2) is 11.7. The molecule has 3 aromatic rings. The maximum Gasteiger partial charge on any atom is 0.266 e. The number of amides is 1. The molecule has 0 radical (unpaired) electrons. The Labute approximate surface area is 210 Å². The molecule has 0 aromatic heterocycles. The number of anilines is 1. The van der Waals surface area contributed by atoms with Crippen LogP contribution in [0, 0.1) is 18.3 Å². The van der Waals surface area contributed by atoms with E-state index in [4.69, 9.17) is 9.47 Å². The summed E-state index contributed by atoms with van der Waals surface area (Å²) in [6.07, 6.45) is 1.52. The van der Waals surface area contributed by atoms with E-state index in [-0.39, 0.29) is 5.57 Å². The van der Waals surface area contributed by atoms with Crippen molar-refractivity contribution in [3.63, 3.8) is 0 Å². The summed E-state index contributed by atoms with van der Waals surface area (Å²) in [5.74, 6) is 0.599. The molecule has 0 aliphatic carbocycles. The van der Waals surface area contributed by atoms with Crippen LogP contribution >= 0.6 is 31.9 Å². The first-order valence-electron chi connectivity index (χ1n) is 10.2. The number of rotatable bonds is 8. The highest BCUT2D eigenvalue weighted by molar-refractivity contribution is 9.10. The van der Waals surface area contributed by atoms with Crippen molar-refractivity contribution in [2.75, 3.05) is 11.9 Å². The second-order valence-electron chi connectivity index (χ2n) is 7.16. The van der Waals surface area contributed by atoms with Crippen molar-refractivity contribution in [1.29, 1.82) is 5.26 Å². The minimum Gasteiger partial charge on any atom is -0.490 e. The van der Waals surface area contributed by atoms with Crippen LogP contribution in [0.25, 0.3) is 6.08 Å². The number of nitriles is 1. The highest BCUT2D eigenvalue weighted by Gasteiger charge is 2.14. The van der Waals surface area contributed by atoms with Crippen LogP contribution in [0.3, 0.4) is 0 Å². The van der Waals surface area contributed by atoms with E-state index in [2.05, 4.69) is 37.2 Å². The molecule has 3 aromatic carbocycles. The molecule has 1 amide bonds. The average molecular weight is 570 g/mol. The third-order valence-corrected chi connectivity index (χ3v) is 5.81. The van der Waals surface area contributed by atoms with Gasteiger partial charge in [0.15, 0.2) is 11.5 Å². The zero-order valence-corrected chi connectivity index (χ0v) is 21.4. The number of aryl methyl sites for hydroxylation is 1. The van der Waals surface area contributed by atoms with Gasteiger partial charge in [-0.15, -0.1) is 0 Å². The number of hydrogen-bond acceptors (Lipinski definition) is 4. The number of carbonyl (C=O) groups is 1. The predicted molar refractivity (Wildman–Crippen MR) is 137 cm³/mol. The SMILES string of the molecule is CCOc1cc(/C=C(/C#N)C(=O)Nc2cccc(Br)c2)c(Br)cc1OCc1ccc(C)cc1. The first-order valence-corrected chi connectivity index (χ1v) is 11.8. The third-order valence-electron chi connectivity index (χ3n) is 4.63. The van der Waals surface area contributed by atoms with Crippen LogP contribution in [0.4, 0.5) is 5.69 Å². The number of benzene rings is 3. The Bertz CT molecular complexity index is 1220. The molecule has 0 saturated carbocycles. The van der Waals surface area contributed by atoms with Crippen LogP contribution in [0.5, 0.6) is 11.5 Å². The predicted octanol–water partition coefficient (Wildman–Crippen LogP) is 7.04. The number of nitrogens with one attached hydrogen (secondary N) is 1. The Morgan fingerprint density at radius 1 is 1.06 bits per heavy atom. The van der Waals surface area contributed by atoms with Crippen molar-refractivity contribution in [3.05, 3.63) is 91.9 Å². The van der Waals surface area contributed by atoms with E-state index in [1.807, 2.05) is 50.2 Å². The summed E-state index contributed by atoms with van der Waals surface area (Å²) in [5, 5.41) is 12.3. The summed E-state index contributed by atoms with van der Waals surface area (Å²) in [6, 6.07) is 20.8. The van der Waals surface area contributed by atoms with Crippen LogP contribution in [-0.4, -0.2) is 12.5 Å². The molecule has 7 heteroatoms. The third kappa shape index (κ3) is 6.95. The molecule has 168 valence electrons. The lowest BCUT2D eigenvalue weighted by Crippen LogP contribution is -2.13. The van der Waals surface area contributed by atoms with Crippen LogP contribution < -0.4 is 14.8 Å². The smallest absolute Gasteiger partial charge is 0.266 e. The van der Waals surface area contributed by atoms with Gasteiger partial charge < -0.3 is 14.8 Å². The molecule has 0 atom stereocenters. The normalized spacial score (nSPS) is 10.9. The van der Waals surface area contributed by atoms with E-state index in [9.17, 15) is 10.1 Å². The molecule has 0 bridgehead atoms. The summed E-state index contributed by atoms with van der Waals surface area (Å²) in [4.78, 5) is 12.6. The molecule has 0 heterocycles. The summed E-state index contributed by atoms with van der Waals surface area (Å²) in [5.41, 5.74) is 3.40. The number of carbonyl (C=O) groups excluding carboxylic acids is 1. The van der Waals surface area contributed by atoms with Crippen molar-refractivity contribution in [3.8, 4) is 17.6 Å². The fourth-order valence-electron chi connectivity index (χ4n) is 2.96. The molecule has 0 unspecified atom stereocenters.